The summed E-state index contributed by atoms with van der Waals surface area (Å²) in [5.74, 6) is -0.211. The molecule has 0 atom stereocenters. The number of amides is 1. The molecule has 0 aliphatic carbocycles. The molecule has 0 heterocycles. The molecular weight excluding hydrogens is 92.1 g/mol. The Balaban J connectivity index is 0. The fraction of sp³-hybridized carbons (Fsp3) is 0.750. The van der Waals surface area contributed by atoms with Crippen LogP contribution >= 0.6 is 0 Å². The second kappa shape index (κ2) is 5.43. The lowest BCUT2D eigenvalue weighted by Gasteiger charge is -1.81. The van der Waals surface area contributed by atoms with Crippen molar-refractivity contribution in [2.45, 2.75) is 19.8 Å². The van der Waals surface area contributed by atoms with Crippen molar-refractivity contribution in [1.82, 2.24) is 6.15 Å². The van der Waals surface area contributed by atoms with Crippen LogP contribution < -0.4 is 11.9 Å². The Morgan fingerprint density at radius 3 is 2.14 bits per heavy atom. The van der Waals surface area contributed by atoms with E-state index >= 15 is 0 Å². The highest BCUT2D eigenvalue weighted by molar-refractivity contribution is 5.73. The van der Waals surface area contributed by atoms with Crippen molar-refractivity contribution in [3.8, 4) is 0 Å². The molecule has 3 heteroatoms. The van der Waals surface area contributed by atoms with Gasteiger partial charge in [0.1, 0.15) is 0 Å². The molecule has 0 saturated carbocycles. The van der Waals surface area contributed by atoms with Gasteiger partial charge in [-0.25, -0.2) is 0 Å². The molecule has 5 N–H and O–H groups in total. The molecule has 0 aromatic rings. The van der Waals surface area contributed by atoms with Crippen LogP contribution in [0, 0.1) is 0 Å². The molecule has 0 fully saturated rings. The minimum absolute atomic E-state index is 0. The molecule has 1 amide bonds. The molecular formula is C4H12N2O. The van der Waals surface area contributed by atoms with Gasteiger partial charge in [-0.3, -0.25) is 4.79 Å². The van der Waals surface area contributed by atoms with Crippen LogP contribution in [0.15, 0.2) is 0 Å². The molecule has 0 radical (unpaired) electrons. The van der Waals surface area contributed by atoms with E-state index in [1.807, 2.05) is 6.92 Å². The lowest BCUT2D eigenvalue weighted by molar-refractivity contribution is -0.118. The van der Waals surface area contributed by atoms with Crippen molar-refractivity contribution in [2.75, 3.05) is 0 Å². The van der Waals surface area contributed by atoms with Gasteiger partial charge in [0.15, 0.2) is 0 Å². The average molecular weight is 104 g/mol. The SMILES string of the molecule is CCCC(N)=O.N. The zero-order valence-corrected chi connectivity index (χ0v) is 4.61. The van der Waals surface area contributed by atoms with E-state index in [1.165, 1.54) is 0 Å². The lowest BCUT2D eigenvalue weighted by Crippen LogP contribution is -2.08. The van der Waals surface area contributed by atoms with E-state index < -0.39 is 0 Å². The van der Waals surface area contributed by atoms with Crippen LogP contribution in [0.3, 0.4) is 0 Å². The quantitative estimate of drug-likeness (QED) is 0.533. The first-order valence-corrected chi connectivity index (χ1v) is 2.05. The summed E-state index contributed by atoms with van der Waals surface area (Å²) < 4.78 is 0. The van der Waals surface area contributed by atoms with Crippen molar-refractivity contribution in [1.29, 1.82) is 0 Å². The van der Waals surface area contributed by atoms with E-state index in [0.717, 1.165) is 6.42 Å². The van der Waals surface area contributed by atoms with E-state index in [-0.39, 0.29) is 12.1 Å². The highest BCUT2D eigenvalue weighted by atomic mass is 16.1. The van der Waals surface area contributed by atoms with Crippen LogP contribution in [0.25, 0.3) is 0 Å². The Bertz CT molecular complexity index is 53.7. The fourth-order valence-electron chi connectivity index (χ4n) is 0.246. The molecule has 0 aliphatic rings. The Kier molecular flexibility index (Phi) is 7.49. The zero-order chi connectivity index (χ0) is 4.99. The van der Waals surface area contributed by atoms with E-state index in [4.69, 9.17) is 5.73 Å². The number of nitrogens with two attached hydrogens (primary N) is 1. The lowest BCUT2D eigenvalue weighted by atomic mass is 10.3. The van der Waals surface area contributed by atoms with Gasteiger partial charge in [0, 0.05) is 6.42 Å². The third-order valence-corrected chi connectivity index (χ3v) is 0.496. The Morgan fingerprint density at radius 2 is 2.14 bits per heavy atom. The van der Waals surface area contributed by atoms with E-state index in [2.05, 4.69) is 0 Å². The van der Waals surface area contributed by atoms with Crippen molar-refractivity contribution < 1.29 is 4.79 Å². The van der Waals surface area contributed by atoms with Gasteiger partial charge in [0.2, 0.25) is 5.91 Å². The van der Waals surface area contributed by atoms with Gasteiger partial charge in [-0.2, -0.15) is 0 Å². The van der Waals surface area contributed by atoms with Gasteiger partial charge >= 0.3 is 0 Å². The Morgan fingerprint density at radius 1 is 1.71 bits per heavy atom. The molecule has 0 unspecified atom stereocenters. The largest absolute Gasteiger partial charge is 0.370 e. The molecule has 44 valence electrons. The topological polar surface area (TPSA) is 78.1 Å². The van der Waals surface area contributed by atoms with Crippen LogP contribution in [0.5, 0.6) is 0 Å². The van der Waals surface area contributed by atoms with Crippen molar-refractivity contribution in [3.05, 3.63) is 0 Å². The summed E-state index contributed by atoms with van der Waals surface area (Å²) in [6, 6.07) is 0. The first kappa shape index (κ1) is 9.66. The van der Waals surface area contributed by atoms with Gasteiger partial charge in [0.05, 0.1) is 0 Å². The first-order chi connectivity index (χ1) is 2.77. The monoisotopic (exact) mass is 104 g/mol. The summed E-state index contributed by atoms with van der Waals surface area (Å²) >= 11 is 0. The predicted molar refractivity (Wildman–Crippen MR) is 29.1 cm³/mol. The molecule has 0 aromatic heterocycles. The first-order valence-electron chi connectivity index (χ1n) is 2.05. The van der Waals surface area contributed by atoms with Crippen molar-refractivity contribution in [3.63, 3.8) is 0 Å². The molecule has 0 aliphatic heterocycles. The number of carbonyl (C=O) groups is 1. The molecule has 0 bridgehead atoms. The van der Waals surface area contributed by atoms with E-state index in [0.29, 0.717) is 6.42 Å². The second-order valence-electron chi connectivity index (χ2n) is 1.22. The molecule has 0 spiro atoms. The third-order valence-electron chi connectivity index (χ3n) is 0.496. The van der Waals surface area contributed by atoms with Crippen LogP contribution in [0.4, 0.5) is 0 Å². The van der Waals surface area contributed by atoms with Gasteiger partial charge in [-0.05, 0) is 6.42 Å². The van der Waals surface area contributed by atoms with Gasteiger partial charge in [-0.1, -0.05) is 6.92 Å². The van der Waals surface area contributed by atoms with Crippen molar-refractivity contribution in [2.24, 2.45) is 5.73 Å². The molecule has 0 saturated heterocycles. The smallest absolute Gasteiger partial charge is 0.217 e. The summed E-state index contributed by atoms with van der Waals surface area (Å²) in [5.41, 5.74) is 4.76. The zero-order valence-electron chi connectivity index (χ0n) is 4.61. The predicted octanol–water partition coefficient (Wildman–Crippen LogP) is 0.434. The molecule has 7 heavy (non-hydrogen) atoms. The highest BCUT2D eigenvalue weighted by Gasteiger charge is 1.84. The number of primary amides is 1. The molecule has 0 rings (SSSR count). The minimum Gasteiger partial charge on any atom is -0.370 e. The number of rotatable bonds is 2. The molecule has 0 aromatic carbocycles. The molecule has 3 nitrogen and oxygen atoms in total. The van der Waals surface area contributed by atoms with Crippen LogP contribution in [0.2, 0.25) is 0 Å². The maximum Gasteiger partial charge on any atom is 0.217 e. The van der Waals surface area contributed by atoms with Crippen LogP contribution in [-0.2, 0) is 4.79 Å². The number of hydrogen-bond donors (Lipinski definition) is 2. The summed E-state index contributed by atoms with van der Waals surface area (Å²) in [5, 5.41) is 0. The van der Waals surface area contributed by atoms with Crippen LogP contribution in [-0.4, -0.2) is 5.91 Å². The van der Waals surface area contributed by atoms with Gasteiger partial charge < -0.3 is 11.9 Å². The average Bonchev–Trinajstić information content (AvgIpc) is 1.35. The summed E-state index contributed by atoms with van der Waals surface area (Å²) in [6.07, 6.45) is 1.37. The normalized spacial score (nSPS) is 7.00. The van der Waals surface area contributed by atoms with E-state index in [9.17, 15) is 4.79 Å². The summed E-state index contributed by atoms with van der Waals surface area (Å²) in [7, 11) is 0. The Hall–Kier alpha value is -0.570. The summed E-state index contributed by atoms with van der Waals surface area (Å²) in [6.45, 7) is 1.92. The highest BCUT2D eigenvalue weighted by Crippen LogP contribution is 1.79. The second-order valence-corrected chi connectivity index (χ2v) is 1.22. The third kappa shape index (κ3) is 10.8. The maximum atomic E-state index is 9.82. The van der Waals surface area contributed by atoms with Gasteiger partial charge in [0.25, 0.3) is 0 Å². The van der Waals surface area contributed by atoms with Gasteiger partial charge in [-0.15, -0.1) is 0 Å². The maximum absolute atomic E-state index is 9.82. The Labute approximate surface area is 43.5 Å². The summed E-state index contributed by atoms with van der Waals surface area (Å²) in [4.78, 5) is 9.82. The minimum atomic E-state index is -0.211. The van der Waals surface area contributed by atoms with E-state index in [1.54, 1.807) is 0 Å². The van der Waals surface area contributed by atoms with Crippen molar-refractivity contribution >= 4 is 5.91 Å². The number of carbonyl (C=O) groups excluding carboxylic acids is 1. The standard InChI is InChI=1S/C4H9NO.H3N/c1-2-3-4(5)6;/h2-3H2,1H3,(H2,5,6);1H3. The number of hydrogen-bond acceptors (Lipinski definition) is 2. The fourth-order valence-corrected chi connectivity index (χ4v) is 0.246. The van der Waals surface area contributed by atoms with Crippen LogP contribution in [0.1, 0.15) is 19.8 Å².